The summed E-state index contributed by atoms with van der Waals surface area (Å²) in [6, 6.07) is 5.90. The first kappa shape index (κ1) is 19.9. The van der Waals surface area contributed by atoms with Gasteiger partial charge in [-0.15, -0.1) is 11.8 Å². The van der Waals surface area contributed by atoms with E-state index in [0.717, 1.165) is 66.5 Å². The van der Waals surface area contributed by atoms with E-state index in [0.29, 0.717) is 18.6 Å². The number of Topliss-reactive ketones (excluding diaryl/α,β-unsaturated/α-hetero) is 2. The van der Waals surface area contributed by atoms with Gasteiger partial charge in [0.2, 0.25) is 0 Å². The molecule has 2 aliphatic carbocycles. The third-order valence-corrected chi connectivity index (χ3v) is 6.57. The molecule has 27 heavy (non-hydrogen) atoms. The molecule has 1 N–H and O–H groups in total. The average molecular weight is 387 g/mol. The minimum atomic E-state index is -0.729. The van der Waals surface area contributed by atoms with Crippen LogP contribution in [0.3, 0.4) is 0 Å². The fraction of sp³-hybridized carbons (Fsp3) is 0.500. The van der Waals surface area contributed by atoms with E-state index < -0.39 is 5.97 Å². The molecule has 0 unspecified atom stereocenters. The summed E-state index contributed by atoms with van der Waals surface area (Å²) >= 11 is 1.69. The number of carboxylic acid groups (broad SMARTS) is 1. The van der Waals surface area contributed by atoms with Crippen LogP contribution in [-0.2, 0) is 16.0 Å². The third-order valence-electron chi connectivity index (χ3n) is 5.44. The van der Waals surface area contributed by atoms with Crippen molar-refractivity contribution in [2.75, 3.05) is 5.75 Å². The van der Waals surface area contributed by atoms with Crippen molar-refractivity contribution in [3.05, 3.63) is 40.5 Å². The van der Waals surface area contributed by atoms with Crippen LogP contribution in [0.2, 0.25) is 0 Å². The van der Waals surface area contributed by atoms with Crippen molar-refractivity contribution in [1.82, 2.24) is 0 Å². The van der Waals surface area contributed by atoms with E-state index in [1.807, 2.05) is 12.1 Å². The smallest absolute Gasteiger partial charge is 0.303 e. The van der Waals surface area contributed by atoms with Crippen LogP contribution in [0.25, 0.3) is 0 Å². The molecular formula is C22H26O4S. The molecular weight excluding hydrogens is 360 g/mol. The summed E-state index contributed by atoms with van der Waals surface area (Å²) in [5.41, 5.74) is 4.27. The van der Waals surface area contributed by atoms with Crippen LogP contribution in [0.15, 0.2) is 34.2 Å². The summed E-state index contributed by atoms with van der Waals surface area (Å²) in [6.45, 7) is 0. The molecule has 3 rings (SSSR count). The summed E-state index contributed by atoms with van der Waals surface area (Å²) in [5, 5.41) is 8.67. The SMILES string of the molecule is O=C(O)CCCCCCC1=C(CSc2cccc3c2CCC3=O)C(=O)CC1. The standard InChI is InChI=1S/C22H26O4S/c23-19-13-11-17-16(19)7-5-8-21(17)27-14-18-15(10-12-20(18)24)6-3-1-2-4-9-22(25)26/h5,7-8H,1-4,6,9-14H2,(H,25,26). The molecule has 0 saturated carbocycles. The highest BCUT2D eigenvalue weighted by atomic mass is 32.2. The molecule has 0 aromatic heterocycles. The summed E-state index contributed by atoms with van der Waals surface area (Å²) in [5.74, 6) is 0.462. The number of benzene rings is 1. The number of hydrogen-bond donors (Lipinski definition) is 1. The Morgan fingerprint density at radius 3 is 2.56 bits per heavy atom. The van der Waals surface area contributed by atoms with E-state index in [9.17, 15) is 14.4 Å². The number of rotatable bonds is 10. The topological polar surface area (TPSA) is 71.4 Å². The van der Waals surface area contributed by atoms with E-state index in [-0.39, 0.29) is 18.0 Å². The Bertz CT molecular complexity index is 779. The molecule has 1 aromatic rings. The van der Waals surface area contributed by atoms with E-state index in [2.05, 4.69) is 6.07 Å². The maximum atomic E-state index is 12.3. The Balaban J connectivity index is 1.54. The maximum absolute atomic E-state index is 12.3. The number of aliphatic carboxylic acids is 1. The second kappa shape index (κ2) is 9.36. The highest BCUT2D eigenvalue weighted by Crippen LogP contribution is 2.36. The Morgan fingerprint density at radius 2 is 1.74 bits per heavy atom. The second-order valence-electron chi connectivity index (χ2n) is 7.31. The highest BCUT2D eigenvalue weighted by molar-refractivity contribution is 7.99. The van der Waals surface area contributed by atoms with Gasteiger partial charge in [0.25, 0.3) is 0 Å². The number of hydrogen-bond acceptors (Lipinski definition) is 4. The lowest BCUT2D eigenvalue weighted by Crippen LogP contribution is -2.00. The van der Waals surface area contributed by atoms with Crippen molar-refractivity contribution in [3.8, 4) is 0 Å². The van der Waals surface area contributed by atoms with Crippen molar-refractivity contribution in [3.63, 3.8) is 0 Å². The minimum Gasteiger partial charge on any atom is -0.481 e. The molecule has 0 fully saturated rings. The average Bonchev–Trinajstić information content (AvgIpc) is 3.19. The number of unbranched alkanes of at least 4 members (excludes halogenated alkanes) is 3. The van der Waals surface area contributed by atoms with Crippen molar-refractivity contribution in [2.24, 2.45) is 0 Å². The number of carbonyl (C=O) groups excluding carboxylic acids is 2. The highest BCUT2D eigenvalue weighted by Gasteiger charge is 2.25. The first-order chi connectivity index (χ1) is 13.1. The second-order valence-corrected chi connectivity index (χ2v) is 8.32. The molecule has 0 saturated heterocycles. The molecule has 0 spiro atoms. The van der Waals surface area contributed by atoms with Gasteiger partial charge in [0.1, 0.15) is 0 Å². The molecule has 4 nitrogen and oxygen atoms in total. The Labute approximate surface area is 164 Å². The van der Waals surface area contributed by atoms with Gasteiger partial charge < -0.3 is 5.11 Å². The number of carbonyl (C=O) groups is 3. The predicted octanol–water partition coefficient (Wildman–Crippen LogP) is 4.99. The van der Waals surface area contributed by atoms with Crippen LogP contribution < -0.4 is 0 Å². The minimum absolute atomic E-state index is 0.229. The van der Waals surface area contributed by atoms with Gasteiger partial charge in [-0.25, -0.2) is 0 Å². The molecule has 2 aliphatic rings. The van der Waals surface area contributed by atoms with E-state index in [1.54, 1.807) is 11.8 Å². The lowest BCUT2D eigenvalue weighted by molar-refractivity contribution is -0.137. The van der Waals surface area contributed by atoms with E-state index in [4.69, 9.17) is 5.11 Å². The zero-order valence-electron chi connectivity index (χ0n) is 15.6. The number of fused-ring (bicyclic) bond motifs is 1. The number of thioether (sulfide) groups is 1. The van der Waals surface area contributed by atoms with Crippen LogP contribution in [0.5, 0.6) is 0 Å². The van der Waals surface area contributed by atoms with Crippen molar-refractivity contribution in [2.45, 2.75) is 69.1 Å². The molecule has 0 amide bonds. The van der Waals surface area contributed by atoms with Crippen LogP contribution in [0, 0.1) is 0 Å². The number of ketones is 2. The van der Waals surface area contributed by atoms with Gasteiger partial charge >= 0.3 is 5.97 Å². The van der Waals surface area contributed by atoms with Crippen molar-refractivity contribution in [1.29, 1.82) is 0 Å². The van der Waals surface area contributed by atoms with E-state index in [1.165, 1.54) is 5.57 Å². The quantitative estimate of drug-likeness (QED) is 0.453. The Hall–Kier alpha value is -1.88. The summed E-state index contributed by atoms with van der Waals surface area (Å²) < 4.78 is 0. The molecule has 1 aromatic carbocycles. The van der Waals surface area contributed by atoms with Gasteiger partial charge in [0.05, 0.1) is 0 Å². The van der Waals surface area contributed by atoms with Gasteiger partial charge in [-0.1, -0.05) is 30.5 Å². The maximum Gasteiger partial charge on any atom is 0.303 e. The van der Waals surface area contributed by atoms with Gasteiger partial charge in [0.15, 0.2) is 11.6 Å². The first-order valence-corrected chi connectivity index (χ1v) is 10.8. The number of carboxylic acids is 1. The lowest BCUT2D eigenvalue weighted by Gasteiger charge is -2.10. The number of allylic oxidation sites excluding steroid dienone is 1. The summed E-state index contributed by atoms with van der Waals surface area (Å²) in [4.78, 5) is 35.9. The Kier molecular flexibility index (Phi) is 6.89. The monoisotopic (exact) mass is 386 g/mol. The fourth-order valence-corrected chi connectivity index (χ4v) is 5.16. The van der Waals surface area contributed by atoms with Gasteiger partial charge in [-0.3, -0.25) is 14.4 Å². The van der Waals surface area contributed by atoms with Crippen molar-refractivity contribution < 1.29 is 19.5 Å². The van der Waals surface area contributed by atoms with Crippen molar-refractivity contribution >= 4 is 29.3 Å². The summed E-state index contributed by atoms with van der Waals surface area (Å²) in [6.07, 6.45) is 7.79. The molecule has 144 valence electrons. The largest absolute Gasteiger partial charge is 0.481 e. The zero-order chi connectivity index (χ0) is 19.2. The molecule has 5 heteroatoms. The van der Waals surface area contributed by atoms with Crippen LogP contribution in [0.4, 0.5) is 0 Å². The molecule has 0 aliphatic heterocycles. The van der Waals surface area contributed by atoms with E-state index >= 15 is 0 Å². The van der Waals surface area contributed by atoms with Crippen LogP contribution in [-0.4, -0.2) is 28.4 Å². The third kappa shape index (κ3) is 5.10. The Morgan fingerprint density at radius 1 is 0.963 bits per heavy atom. The first-order valence-electron chi connectivity index (χ1n) is 9.80. The van der Waals surface area contributed by atoms with Crippen LogP contribution in [0.1, 0.15) is 73.7 Å². The zero-order valence-corrected chi connectivity index (χ0v) is 16.4. The van der Waals surface area contributed by atoms with Crippen LogP contribution >= 0.6 is 11.8 Å². The molecule has 0 heterocycles. The van der Waals surface area contributed by atoms with Gasteiger partial charge in [-0.2, -0.15) is 0 Å². The summed E-state index contributed by atoms with van der Waals surface area (Å²) in [7, 11) is 0. The normalized spacial score (nSPS) is 16.3. The predicted molar refractivity (Wildman–Crippen MR) is 106 cm³/mol. The lowest BCUT2D eigenvalue weighted by atomic mass is 10.0. The van der Waals surface area contributed by atoms with Gasteiger partial charge in [0, 0.05) is 41.0 Å². The molecule has 0 bridgehead atoms. The molecule has 0 atom stereocenters. The fourth-order valence-electron chi connectivity index (χ4n) is 3.93. The van der Waals surface area contributed by atoms with Gasteiger partial charge in [-0.05, 0) is 43.7 Å². The molecule has 0 radical (unpaired) electrons.